The van der Waals surface area contributed by atoms with Crippen LogP contribution in [0.2, 0.25) is 5.15 Å². The summed E-state index contributed by atoms with van der Waals surface area (Å²) in [4.78, 5) is 4.35. The van der Waals surface area contributed by atoms with Crippen LogP contribution in [-0.2, 0) is 0 Å². The van der Waals surface area contributed by atoms with Gasteiger partial charge in [-0.2, -0.15) is 0 Å². The number of rotatable bonds is 2. The first-order valence-electron chi connectivity index (χ1n) is 6.28. The summed E-state index contributed by atoms with van der Waals surface area (Å²) in [5.74, 6) is 0.138. The minimum Gasteiger partial charge on any atom is -0.396 e. The molecule has 19 heavy (non-hydrogen) atoms. The first-order chi connectivity index (χ1) is 9.04. The van der Waals surface area contributed by atoms with Gasteiger partial charge in [0.25, 0.3) is 0 Å². The zero-order valence-corrected chi connectivity index (χ0v) is 11.3. The van der Waals surface area contributed by atoms with Crippen molar-refractivity contribution in [3.8, 4) is 11.1 Å². The SMILES string of the molecule is Cc1cc(F)c(N)cc1-c1cc(Cl)nc(C2CC2)c1. The number of nitrogens with zero attached hydrogens (tertiary/aromatic N) is 1. The van der Waals surface area contributed by atoms with E-state index in [0.29, 0.717) is 11.1 Å². The molecule has 1 fully saturated rings. The summed E-state index contributed by atoms with van der Waals surface area (Å²) >= 11 is 6.08. The van der Waals surface area contributed by atoms with Crippen LogP contribution in [-0.4, -0.2) is 4.98 Å². The molecule has 1 aromatic carbocycles. The highest BCUT2D eigenvalue weighted by molar-refractivity contribution is 6.29. The van der Waals surface area contributed by atoms with Crippen LogP contribution in [0.25, 0.3) is 11.1 Å². The van der Waals surface area contributed by atoms with E-state index in [1.165, 1.54) is 6.07 Å². The number of hydrogen-bond acceptors (Lipinski definition) is 2. The Morgan fingerprint density at radius 1 is 1.26 bits per heavy atom. The zero-order valence-electron chi connectivity index (χ0n) is 10.6. The lowest BCUT2D eigenvalue weighted by molar-refractivity contribution is 0.631. The minimum atomic E-state index is -0.385. The Bertz CT molecular complexity index is 651. The Hall–Kier alpha value is -1.61. The lowest BCUT2D eigenvalue weighted by Crippen LogP contribution is -1.95. The van der Waals surface area contributed by atoms with Gasteiger partial charge in [-0.15, -0.1) is 0 Å². The van der Waals surface area contributed by atoms with Crippen molar-refractivity contribution in [1.29, 1.82) is 0 Å². The number of nitrogens with two attached hydrogens (primary N) is 1. The van der Waals surface area contributed by atoms with Crippen LogP contribution in [0.5, 0.6) is 0 Å². The van der Waals surface area contributed by atoms with Crippen LogP contribution < -0.4 is 5.73 Å². The van der Waals surface area contributed by atoms with Crippen molar-refractivity contribution in [2.45, 2.75) is 25.7 Å². The van der Waals surface area contributed by atoms with E-state index < -0.39 is 0 Å². The maximum atomic E-state index is 13.4. The molecule has 1 heterocycles. The van der Waals surface area contributed by atoms with Crippen molar-refractivity contribution < 1.29 is 4.39 Å². The Labute approximate surface area is 116 Å². The Balaban J connectivity index is 2.13. The molecule has 0 spiro atoms. The molecule has 2 N–H and O–H groups in total. The largest absolute Gasteiger partial charge is 0.396 e. The molecule has 2 nitrogen and oxygen atoms in total. The smallest absolute Gasteiger partial charge is 0.146 e. The number of nitrogen functional groups attached to an aromatic ring is 1. The lowest BCUT2D eigenvalue weighted by Gasteiger charge is -2.10. The second-order valence-corrected chi connectivity index (χ2v) is 5.45. The lowest BCUT2D eigenvalue weighted by atomic mass is 9.99. The molecule has 0 atom stereocenters. The molecule has 1 saturated carbocycles. The van der Waals surface area contributed by atoms with Gasteiger partial charge >= 0.3 is 0 Å². The third-order valence-electron chi connectivity index (χ3n) is 3.46. The first kappa shape index (κ1) is 12.4. The normalized spacial score (nSPS) is 14.7. The van der Waals surface area contributed by atoms with Gasteiger partial charge < -0.3 is 5.73 Å². The molecule has 0 bridgehead atoms. The molecule has 0 aliphatic heterocycles. The summed E-state index contributed by atoms with van der Waals surface area (Å²) in [6.07, 6.45) is 2.33. The summed E-state index contributed by atoms with van der Waals surface area (Å²) in [7, 11) is 0. The average molecular weight is 277 g/mol. The Morgan fingerprint density at radius 2 is 2.00 bits per heavy atom. The van der Waals surface area contributed by atoms with Gasteiger partial charge in [-0.1, -0.05) is 11.6 Å². The number of anilines is 1. The molecule has 4 heteroatoms. The Morgan fingerprint density at radius 3 is 2.68 bits per heavy atom. The van der Waals surface area contributed by atoms with Crippen LogP contribution in [0.4, 0.5) is 10.1 Å². The zero-order chi connectivity index (χ0) is 13.6. The van der Waals surface area contributed by atoms with Crippen LogP contribution in [0.3, 0.4) is 0 Å². The highest BCUT2D eigenvalue weighted by Gasteiger charge is 2.26. The van der Waals surface area contributed by atoms with E-state index in [1.807, 2.05) is 13.0 Å². The molecule has 1 aliphatic carbocycles. The van der Waals surface area contributed by atoms with Crippen molar-refractivity contribution in [3.63, 3.8) is 0 Å². The number of benzene rings is 1. The molecular formula is C15H14ClFN2. The van der Waals surface area contributed by atoms with Crippen molar-refractivity contribution in [2.75, 3.05) is 5.73 Å². The van der Waals surface area contributed by atoms with Crippen LogP contribution >= 0.6 is 11.6 Å². The standard InChI is InChI=1S/C15H14ClFN2/c1-8-4-12(17)13(18)7-11(8)10-5-14(9-2-3-9)19-15(16)6-10/h4-7,9H,2-3,18H2,1H3. The number of hydrogen-bond donors (Lipinski definition) is 1. The maximum absolute atomic E-state index is 13.4. The molecule has 1 aliphatic rings. The summed E-state index contributed by atoms with van der Waals surface area (Å²) in [6.45, 7) is 1.86. The fraction of sp³-hybridized carbons (Fsp3) is 0.267. The molecule has 3 rings (SSSR count). The predicted octanol–water partition coefficient (Wildman–Crippen LogP) is 4.31. The topological polar surface area (TPSA) is 38.9 Å². The second-order valence-electron chi connectivity index (χ2n) is 5.07. The van der Waals surface area contributed by atoms with Gasteiger partial charge in [0.15, 0.2) is 0 Å². The summed E-state index contributed by atoms with van der Waals surface area (Å²) in [5.41, 5.74) is 9.52. The van der Waals surface area contributed by atoms with Gasteiger partial charge in [0.05, 0.1) is 5.69 Å². The van der Waals surface area contributed by atoms with E-state index in [4.69, 9.17) is 17.3 Å². The van der Waals surface area contributed by atoms with Crippen molar-refractivity contribution >= 4 is 17.3 Å². The maximum Gasteiger partial charge on any atom is 0.146 e. The van der Waals surface area contributed by atoms with Gasteiger partial charge in [-0.3, -0.25) is 0 Å². The van der Waals surface area contributed by atoms with Crippen molar-refractivity contribution in [1.82, 2.24) is 4.98 Å². The van der Waals surface area contributed by atoms with Crippen molar-refractivity contribution in [3.05, 3.63) is 46.5 Å². The molecular weight excluding hydrogens is 263 g/mol. The molecule has 2 aromatic rings. The number of halogens is 2. The van der Waals surface area contributed by atoms with Crippen LogP contribution in [0.1, 0.15) is 30.0 Å². The second kappa shape index (κ2) is 4.49. The van der Waals surface area contributed by atoms with E-state index in [9.17, 15) is 4.39 Å². The summed E-state index contributed by atoms with van der Waals surface area (Å²) in [6, 6.07) is 6.94. The highest BCUT2D eigenvalue weighted by Crippen LogP contribution is 2.41. The van der Waals surface area contributed by atoms with Crippen LogP contribution in [0, 0.1) is 12.7 Å². The van der Waals surface area contributed by atoms with Gasteiger partial charge in [0.2, 0.25) is 0 Å². The van der Waals surface area contributed by atoms with E-state index in [0.717, 1.165) is 35.2 Å². The van der Waals surface area contributed by atoms with E-state index in [2.05, 4.69) is 4.98 Å². The minimum absolute atomic E-state index is 0.154. The summed E-state index contributed by atoms with van der Waals surface area (Å²) < 4.78 is 13.4. The van der Waals surface area contributed by atoms with Crippen molar-refractivity contribution in [2.24, 2.45) is 0 Å². The highest BCUT2D eigenvalue weighted by atomic mass is 35.5. The molecule has 0 saturated heterocycles. The third-order valence-corrected chi connectivity index (χ3v) is 3.66. The molecule has 0 amide bonds. The van der Waals surface area contributed by atoms with E-state index in [-0.39, 0.29) is 11.5 Å². The molecule has 0 unspecified atom stereocenters. The molecule has 1 aromatic heterocycles. The van der Waals surface area contributed by atoms with Gasteiger partial charge in [0, 0.05) is 11.6 Å². The average Bonchev–Trinajstić information content (AvgIpc) is 3.17. The van der Waals surface area contributed by atoms with Gasteiger partial charge in [0.1, 0.15) is 11.0 Å². The Kier molecular flexibility index (Phi) is 2.94. The number of aryl methyl sites for hydroxylation is 1. The quantitative estimate of drug-likeness (QED) is 0.656. The van der Waals surface area contributed by atoms with Gasteiger partial charge in [-0.25, -0.2) is 9.37 Å². The van der Waals surface area contributed by atoms with E-state index >= 15 is 0 Å². The fourth-order valence-corrected chi connectivity index (χ4v) is 2.48. The predicted molar refractivity (Wildman–Crippen MR) is 75.8 cm³/mol. The third kappa shape index (κ3) is 2.43. The van der Waals surface area contributed by atoms with Gasteiger partial charge in [-0.05, 0) is 60.7 Å². The monoisotopic (exact) mass is 276 g/mol. The number of aromatic nitrogens is 1. The fourth-order valence-electron chi connectivity index (χ4n) is 2.26. The molecule has 0 radical (unpaired) electrons. The summed E-state index contributed by atoms with van der Waals surface area (Å²) in [5, 5.41) is 0.474. The number of pyridine rings is 1. The molecule has 98 valence electrons. The van der Waals surface area contributed by atoms with Crippen LogP contribution in [0.15, 0.2) is 24.3 Å². The van der Waals surface area contributed by atoms with E-state index in [1.54, 1.807) is 12.1 Å². The first-order valence-corrected chi connectivity index (χ1v) is 6.66.